The average molecular weight is 429 g/mol. The molecule has 0 saturated heterocycles. The third-order valence-electron chi connectivity index (χ3n) is 5.71. The highest BCUT2D eigenvalue weighted by molar-refractivity contribution is 7.89. The number of fused-ring (bicyclic) bond motifs is 1. The van der Waals surface area contributed by atoms with Crippen molar-refractivity contribution < 1.29 is 12.8 Å². The Morgan fingerprint density at radius 1 is 1.23 bits per heavy atom. The van der Waals surface area contributed by atoms with Gasteiger partial charge < -0.3 is 9.88 Å². The summed E-state index contributed by atoms with van der Waals surface area (Å²) in [5.74, 6) is -0.202. The van der Waals surface area contributed by atoms with Gasteiger partial charge in [0.05, 0.1) is 6.33 Å². The van der Waals surface area contributed by atoms with Gasteiger partial charge in [-0.05, 0) is 42.6 Å². The summed E-state index contributed by atoms with van der Waals surface area (Å²) in [6, 6.07) is 13.8. The second kappa shape index (κ2) is 8.29. The Labute approximate surface area is 176 Å². The number of aryl methyl sites for hydroxylation is 1. The first kappa shape index (κ1) is 20.7. The third-order valence-corrected chi connectivity index (χ3v) is 7.00. The summed E-state index contributed by atoms with van der Waals surface area (Å²) < 4.78 is 43.7. The molecule has 1 aliphatic carbocycles. The molecule has 1 aromatic heterocycles. The Morgan fingerprint density at radius 2 is 2.00 bits per heavy atom. The molecule has 1 heterocycles. The van der Waals surface area contributed by atoms with E-state index in [9.17, 15) is 12.8 Å². The summed E-state index contributed by atoms with van der Waals surface area (Å²) in [6.45, 7) is -0.125. The number of sulfonamides is 1. The lowest BCUT2D eigenvalue weighted by Gasteiger charge is -2.20. The molecule has 6 nitrogen and oxygen atoms in total. The van der Waals surface area contributed by atoms with Crippen molar-refractivity contribution in [2.24, 2.45) is 7.05 Å². The average Bonchev–Trinajstić information content (AvgIpc) is 3.31. The molecule has 158 valence electrons. The van der Waals surface area contributed by atoms with Gasteiger partial charge in [-0.1, -0.05) is 36.4 Å². The van der Waals surface area contributed by atoms with Gasteiger partial charge in [-0.3, -0.25) is 0 Å². The molecular weight excluding hydrogens is 403 g/mol. The number of nitrogens with one attached hydrogen (secondary N) is 2. The molecule has 4 rings (SSSR count). The molecule has 0 radical (unpaired) electrons. The number of halogens is 1. The first-order chi connectivity index (χ1) is 14.4. The normalized spacial score (nSPS) is 18.5. The molecule has 0 saturated carbocycles. The maximum absolute atomic E-state index is 14.7. The van der Waals surface area contributed by atoms with Crippen LogP contribution in [0, 0.1) is 5.82 Å². The molecule has 0 unspecified atom stereocenters. The molecule has 0 fully saturated rings. The van der Waals surface area contributed by atoms with Crippen LogP contribution in [0.4, 0.5) is 4.39 Å². The smallest absolute Gasteiger partial charge is 0.259 e. The van der Waals surface area contributed by atoms with Crippen molar-refractivity contribution in [3.63, 3.8) is 0 Å². The van der Waals surface area contributed by atoms with E-state index in [0.29, 0.717) is 5.56 Å². The maximum atomic E-state index is 14.7. The van der Waals surface area contributed by atoms with E-state index in [-0.39, 0.29) is 23.5 Å². The van der Waals surface area contributed by atoms with Crippen molar-refractivity contribution in [2.45, 2.75) is 36.4 Å². The summed E-state index contributed by atoms with van der Waals surface area (Å²) >= 11 is 0. The van der Waals surface area contributed by atoms with E-state index in [2.05, 4.69) is 27.2 Å². The number of likely N-dealkylation sites (N-methyl/N-ethyl adjacent to an activating group) is 1. The molecule has 2 N–H and O–H groups in total. The van der Waals surface area contributed by atoms with Crippen molar-refractivity contribution in [2.75, 3.05) is 7.05 Å². The molecule has 30 heavy (non-hydrogen) atoms. The van der Waals surface area contributed by atoms with Gasteiger partial charge in [0.25, 0.3) is 10.0 Å². The highest BCUT2D eigenvalue weighted by Crippen LogP contribution is 2.37. The Hall–Kier alpha value is -2.55. The van der Waals surface area contributed by atoms with Gasteiger partial charge in [0.2, 0.25) is 0 Å². The zero-order chi connectivity index (χ0) is 21.3. The Morgan fingerprint density at radius 3 is 2.67 bits per heavy atom. The van der Waals surface area contributed by atoms with Crippen LogP contribution in [0.15, 0.2) is 60.0 Å². The topological polar surface area (TPSA) is 76.0 Å². The second-order valence-corrected chi connectivity index (χ2v) is 9.45. The van der Waals surface area contributed by atoms with Gasteiger partial charge in [-0.2, -0.15) is 0 Å². The molecule has 2 atom stereocenters. The van der Waals surface area contributed by atoms with Crippen LogP contribution >= 0.6 is 0 Å². The van der Waals surface area contributed by atoms with Crippen molar-refractivity contribution in [1.82, 2.24) is 19.6 Å². The molecule has 0 bridgehead atoms. The molecule has 2 aromatic carbocycles. The van der Waals surface area contributed by atoms with E-state index in [0.717, 1.165) is 24.0 Å². The fourth-order valence-corrected chi connectivity index (χ4v) is 5.11. The van der Waals surface area contributed by atoms with Gasteiger partial charge in [0.1, 0.15) is 5.82 Å². The standard InChI is InChI=1S/C22H25FN4O2S/c1-24-21-11-16-10-20(23)17(12-26-30(28,29)22-13-27(2)14-25-22)9-18(16)19(21)8-15-6-4-3-5-7-15/h3-7,9-10,13-14,19,21,24,26H,8,11-12H2,1-2H3/t19-,21-/m0/s1. The second-order valence-electron chi connectivity index (χ2n) is 7.74. The van der Waals surface area contributed by atoms with Crippen LogP contribution in [-0.4, -0.2) is 31.1 Å². The predicted octanol–water partition coefficient (Wildman–Crippen LogP) is 2.51. The minimum absolute atomic E-state index is 0.0798. The third kappa shape index (κ3) is 4.16. The number of hydrogen-bond acceptors (Lipinski definition) is 4. The van der Waals surface area contributed by atoms with Gasteiger partial charge in [-0.25, -0.2) is 22.5 Å². The molecular formula is C22H25FN4O2S. The fourth-order valence-electron chi connectivity index (χ4n) is 4.13. The molecule has 0 spiro atoms. The van der Waals surface area contributed by atoms with Crippen molar-refractivity contribution >= 4 is 10.0 Å². The number of benzene rings is 2. The van der Waals surface area contributed by atoms with E-state index in [1.165, 1.54) is 18.1 Å². The minimum Gasteiger partial charge on any atom is -0.339 e. The molecule has 0 amide bonds. The van der Waals surface area contributed by atoms with Gasteiger partial charge >= 0.3 is 0 Å². The lowest BCUT2D eigenvalue weighted by atomic mass is 9.90. The van der Waals surface area contributed by atoms with Crippen LogP contribution in [0.5, 0.6) is 0 Å². The van der Waals surface area contributed by atoms with Crippen LogP contribution in [-0.2, 0) is 36.5 Å². The van der Waals surface area contributed by atoms with Crippen molar-refractivity contribution in [1.29, 1.82) is 0 Å². The summed E-state index contributed by atoms with van der Waals surface area (Å²) in [5, 5.41) is 3.28. The number of rotatable bonds is 7. The number of aromatic nitrogens is 2. The molecule has 0 aliphatic heterocycles. The van der Waals surface area contributed by atoms with Crippen molar-refractivity contribution in [3.8, 4) is 0 Å². The SMILES string of the molecule is CN[C@H]1Cc2cc(F)c(CNS(=O)(=O)c3cn(C)cn3)cc2[C@@H]1Cc1ccccc1. The predicted molar refractivity (Wildman–Crippen MR) is 113 cm³/mol. The fraction of sp³-hybridized carbons (Fsp3) is 0.318. The minimum atomic E-state index is -3.81. The van der Waals surface area contributed by atoms with Gasteiger partial charge in [0, 0.05) is 37.3 Å². The lowest BCUT2D eigenvalue weighted by molar-refractivity contribution is 0.492. The summed E-state index contributed by atoms with van der Waals surface area (Å²) in [6.07, 6.45) is 4.41. The number of nitrogens with zero attached hydrogens (tertiary/aromatic N) is 2. The summed E-state index contributed by atoms with van der Waals surface area (Å²) in [5.41, 5.74) is 3.61. The summed E-state index contributed by atoms with van der Waals surface area (Å²) in [4.78, 5) is 3.87. The Kier molecular flexibility index (Phi) is 5.73. The van der Waals surface area contributed by atoms with Crippen LogP contribution in [0.3, 0.4) is 0 Å². The zero-order valence-corrected chi connectivity index (χ0v) is 17.8. The highest BCUT2D eigenvalue weighted by Gasteiger charge is 2.32. The number of hydrogen-bond donors (Lipinski definition) is 2. The van der Waals surface area contributed by atoms with Crippen LogP contribution < -0.4 is 10.0 Å². The Balaban J connectivity index is 1.59. The van der Waals surface area contributed by atoms with E-state index >= 15 is 0 Å². The van der Waals surface area contributed by atoms with E-state index < -0.39 is 15.8 Å². The highest BCUT2D eigenvalue weighted by atomic mass is 32.2. The van der Waals surface area contributed by atoms with E-state index in [4.69, 9.17) is 0 Å². The zero-order valence-electron chi connectivity index (χ0n) is 17.0. The first-order valence-corrected chi connectivity index (χ1v) is 11.4. The van der Waals surface area contributed by atoms with Gasteiger partial charge in [0.15, 0.2) is 5.03 Å². The Bertz CT molecular complexity index is 1150. The quantitative estimate of drug-likeness (QED) is 0.606. The molecule has 8 heteroatoms. The van der Waals surface area contributed by atoms with Crippen LogP contribution in [0.2, 0.25) is 0 Å². The first-order valence-electron chi connectivity index (χ1n) is 9.87. The van der Waals surface area contributed by atoms with E-state index in [1.807, 2.05) is 31.3 Å². The van der Waals surface area contributed by atoms with E-state index in [1.54, 1.807) is 17.7 Å². The number of imidazole rings is 1. The maximum Gasteiger partial charge on any atom is 0.259 e. The van der Waals surface area contributed by atoms with Crippen LogP contribution in [0.1, 0.15) is 28.2 Å². The lowest BCUT2D eigenvalue weighted by Crippen LogP contribution is -2.30. The molecule has 3 aromatic rings. The summed E-state index contributed by atoms with van der Waals surface area (Å²) in [7, 11) is -0.192. The largest absolute Gasteiger partial charge is 0.339 e. The van der Waals surface area contributed by atoms with Crippen molar-refractivity contribution in [3.05, 3.63) is 83.1 Å². The molecule has 1 aliphatic rings. The van der Waals surface area contributed by atoms with Gasteiger partial charge in [-0.15, -0.1) is 0 Å². The monoisotopic (exact) mass is 428 g/mol. The van der Waals surface area contributed by atoms with Crippen LogP contribution in [0.25, 0.3) is 0 Å².